The molecule has 21 heavy (non-hydrogen) atoms. The molecule has 4 nitrogen and oxygen atoms in total. The second-order valence-corrected chi connectivity index (χ2v) is 7.03. The summed E-state index contributed by atoms with van der Waals surface area (Å²) in [5.41, 5.74) is 1.24. The second kappa shape index (κ2) is 7.68. The standard InChI is InChI=1S/C16H26N2O2S/c1-2-3-6-15-17-14(12-21-15)11-18-7-4-5-13(10-18)16-19-8-9-20-16/h12-13,16H,2-11H2,1H3/t13-/m1/s1. The van der Waals surface area contributed by atoms with Crippen LogP contribution in [0.2, 0.25) is 0 Å². The summed E-state index contributed by atoms with van der Waals surface area (Å²) in [6.07, 6.45) is 6.11. The first-order valence-electron chi connectivity index (χ1n) is 8.24. The van der Waals surface area contributed by atoms with Gasteiger partial charge in [-0.05, 0) is 32.2 Å². The van der Waals surface area contributed by atoms with Gasteiger partial charge < -0.3 is 9.47 Å². The van der Waals surface area contributed by atoms with E-state index in [9.17, 15) is 0 Å². The molecule has 0 amide bonds. The van der Waals surface area contributed by atoms with Crippen molar-refractivity contribution < 1.29 is 9.47 Å². The molecule has 0 spiro atoms. The van der Waals surface area contributed by atoms with E-state index >= 15 is 0 Å². The number of rotatable bonds is 6. The molecule has 0 radical (unpaired) electrons. The van der Waals surface area contributed by atoms with E-state index in [1.54, 1.807) is 0 Å². The summed E-state index contributed by atoms with van der Waals surface area (Å²) in [6, 6.07) is 0. The Bertz CT molecular complexity index is 432. The van der Waals surface area contributed by atoms with Crippen molar-refractivity contribution in [1.29, 1.82) is 0 Å². The third kappa shape index (κ3) is 4.25. The third-order valence-electron chi connectivity index (χ3n) is 4.30. The monoisotopic (exact) mass is 310 g/mol. The van der Waals surface area contributed by atoms with Gasteiger partial charge in [-0.2, -0.15) is 0 Å². The van der Waals surface area contributed by atoms with Crippen LogP contribution in [0.1, 0.15) is 43.3 Å². The highest BCUT2D eigenvalue weighted by Crippen LogP contribution is 2.26. The van der Waals surface area contributed by atoms with Crippen LogP contribution in [0.25, 0.3) is 0 Å². The zero-order valence-electron chi connectivity index (χ0n) is 12.9. The fourth-order valence-electron chi connectivity index (χ4n) is 3.20. The topological polar surface area (TPSA) is 34.6 Å². The molecule has 0 aromatic carbocycles. The Morgan fingerprint density at radius 3 is 3.05 bits per heavy atom. The molecule has 1 aromatic heterocycles. The van der Waals surface area contributed by atoms with Crippen LogP contribution in [-0.2, 0) is 22.4 Å². The Labute approximate surface area is 131 Å². The molecule has 0 unspecified atom stereocenters. The lowest BCUT2D eigenvalue weighted by Gasteiger charge is -2.34. The number of likely N-dealkylation sites (tertiary alicyclic amines) is 1. The summed E-state index contributed by atoms with van der Waals surface area (Å²) < 4.78 is 11.4. The Kier molecular flexibility index (Phi) is 5.63. The molecule has 0 N–H and O–H groups in total. The van der Waals surface area contributed by atoms with Gasteiger partial charge in [0.15, 0.2) is 6.29 Å². The highest BCUT2D eigenvalue weighted by molar-refractivity contribution is 7.09. The molecule has 2 aliphatic heterocycles. The van der Waals surface area contributed by atoms with E-state index in [2.05, 4.69) is 17.2 Å². The van der Waals surface area contributed by atoms with Gasteiger partial charge in [-0.25, -0.2) is 4.98 Å². The SMILES string of the molecule is CCCCc1nc(CN2CCC[C@@H](C3OCCO3)C2)cs1. The molecule has 1 atom stereocenters. The van der Waals surface area contributed by atoms with Gasteiger partial charge in [0.1, 0.15) is 0 Å². The maximum absolute atomic E-state index is 5.68. The number of piperidine rings is 1. The van der Waals surface area contributed by atoms with E-state index < -0.39 is 0 Å². The molecule has 3 rings (SSSR count). The van der Waals surface area contributed by atoms with Crippen LogP contribution in [0.5, 0.6) is 0 Å². The summed E-state index contributed by atoms with van der Waals surface area (Å²) in [7, 11) is 0. The molecular weight excluding hydrogens is 284 g/mol. The lowest BCUT2D eigenvalue weighted by molar-refractivity contribution is -0.101. The van der Waals surface area contributed by atoms with Crippen molar-refractivity contribution in [3.8, 4) is 0 Å². The average Bonchev–Trinajstić information content (AvgIpc) is 3.17. The Morgan fingerprint density at radius 2 is 2.24 bits per heavy atom. The number of thiazole rings is 1. The number of unbranched alkanes of at least 4 members (excludes halogenated alkanes) is 1. The van der Waals surface area contributed by atoms with E-state index in [4.69, 9.17) is 14.5 Å². The van der Waals surface area contributed by atoms with Crippen molar-refractivity contribution in [2.75, 3.05) is 26.3 Å². The molecule has 2 saturated heterocycles. The predicted molar refractivity (Wildman–Crippen MR) is 84.4 cm³/mol. The highest BCUT2D eigenvalue weighted by atomic mass is 32.1. The second-order valence-electron chi connectivity index (χ2n) is 6.08. The molecule has 5 heteroatoms. The quantitative estimate of drug-likeness (QED) is 0.809. The third-order valence-corrected chi connectivity index (χ3v) is 5.26. The zero-order valence-corrected chi connectivity index (χ0v) is 13.7. The summed E-state index contributed by atoms with van der Waals surface area (Å²) in [6.45, 7) is 6.97. The molecule has 118 valence electrons. The number of aryl methyl sites for hydroxylation is 1. The Morgan fingerprint density at radius 1 is 1.38 bits per heavy atom. The number of nitrogens with zero attached hydrogens (tertiary/aromatic N) is 2. The van der Waals surface area contributed by atoms with Crippen molar-refractivity contribution in [2.45, 2.75) is 51.9 Å². The van der Waals surface area contributed by atoms with Crippen LogP contribution in [-0.4, -0.2) is 42.5 Å². The van der Waals surface area contributed by atoms with Gasteiger partial charge in [0.05, 0.1) is 23.9 Å². The van der Waals surface area contributed by atoms with E-state index in [0.29, 0.717) is 5.92 Å². The van der Waals surface area contributed by atoms with Crippen molar-refractivity contribution in [1.82, 2.24) is 9.88 Å². The lowest BCUT2D eigenvalue weighted by atomic mass is 9.97. The van der Waals surface area contributed by atoms with Gasteiger partial charge in [-0.3, -0.25) is 4.90 Å². The number of aromatic nitrogens is 1. The van der Waals surface area contributed by atoms with Crippen LogP contribution in [0.4, 0.5) is 0 Å². The Hall–Kier alpha value is -0.490. The van der Waals surface area contributed by atoms with E-state index in [-0.39, 0.29) is 6.29 Å². The first kappa shape index (κ1) is 15.4. The van der Waals surface area contributed by atoms with Crippen molar-refractivity contribution in [2.24, 2.45) is 5.92 Å². The normalized spacial score (nSPS) is 24.7. The van der Waals surface area contributed by atoms with Crippen LogP contribution in [0, 0.1) is 5.92 Å². The first-order valence-corrected chi connectivity index (χ1v) is 9.12. The smallest absolute Gasteiger partial charge is 0.161 e. The molecule has 0 aliphatic carbocycles. The highest BCUT2D eigenvalue weighted by Gasteiger charge is 2.31. The number of ether oxygens (including phenoxy) is 2. The minimum absolute atomic E-state index is 0.0309. The van der Waals surface area contributed by atoms with Crippen LogP contribution < -0.4 is 0 Å². The van der Waals surface area contributed by atoms with Gasteiger partial charge in [0, 0.05) is 24.4 Å². The number of hydrogen-bond donors (Lipinski definition) is 0. The number of hydrogen-bond acceptors (Lipinski definition) is 5. The molecule has 3 heterocycles. The van der Waals surface area contributed by atoms with Gasteiger partial charge >= 0.3 is 0 Å². The molecule has 2 aliphatic rings. The van der Waals surface area contributed by atoms with Gasteiger partial charge in [0.2, 0.25) is 0 Å². The predicted octanol–water partition coefficient (Wildman–Crippen LogP) is 3.07. The van der Waals surface area contributed by atoms with Crippen LogP contribution >= 0.6 is 11.3 Å². The molecule has 0 saturated carbocycles. The summed E-state index contributed by atoms with van der Waals surface area (Å²) in [5, 5.41) is 3.53. The maximum Gasteiger partial charge on any atom is 0.161 e. The van der Waals surface area contributed by atoms with Gasteiger partial charge in [-0.15, -0.1) is 11.3 Å². The summed E-state index contributed by atoms with van der Waals surface area (Å²) >= 11 is 1.82. The first-order chi connectivity index (χ1) is 10.3. The van der Waals surface area contributed by atoms with E-state index in [0.717, 1.165) is 32.7 Å². The zero-order chi connectivity index (χ0) is 14.5. The van der Waals surface area contributed by atoms with Crippen molar-refractivity contribution in [3.63, 3.8) is 0 Å². The van der Waals surface area contributed by atoms with E-state index in [1.165, 1.54) is 42.9 Å². The minimum atomic E-state index is 0.0309. The largest absolute Gasteiger partial charge is 0.350 e. The van der Waals surface area contributed by atoms with Crippen molar-refractivity contribution >= 4 is 11.3 Å². The minimum Gasteiger partial charge on any atom is -0.350 e. The van der Waals surface area contributed by atoms with Crippen LogP contribution in [0.15, 0.2) is 5.38 Å². The average molecular weight is 310 g/mol. The fraction of sp³-hybridized carbons (Fsp3) is 0.812. The van der Waals surface area contributed by atoms with Crippen LogP contribution in [0.3, 0.4) is 0 Å². The summed E-state index contributed by atoms with van der Waals surface area (Å²) in [4.78, 5) is 7.29. The summed E-state index contributed by atoms with van der Waals surface area (Å²) in [5.74, 6) is 0.527. The fourth-order valence-corrected chi connectivity index (χ4v) is 4.03. The molecule has 1 aromatic rings. The lowest BCUT2D eigenvalue weighted by Crippen LogP contribution is -2.40. The Balaban J connectivity index is 1.50. The van der Waals surface area contributed by atoms with E-state index in [1.807, 2.05) is 11.3 Å². The molecular formula is C16H26N2O2S. The maximum atomic E-state index is 5.68. The van der Waals surface area contributed by atoms with Gasteiger partial charge in [0.25, 0.3) is 0 Å². The van der Waals surface area contributed by atoms with Gasteiger partial charge in [-0.1, -0.05) is 13.3 Å². The molecule has 0 bridgehead atoms. The van der Waals surface area contributed by atoms with Crippen molar-refractivity contribution in [3.05, 3.63) is 16.1 Å². The molecule has 2 fully saturated rings.